The van der Waals surface area contributed by atoms with Crippen molar-refractivity contribution in [3.63, 3.8) is 0 Å². The molecule has 0 heterocycles. The summed E-state index contributed by atoms with van der Waals surface area (Å²) in [6.45, 7) is 25.3. The van der Waals surface area contributed by atoms with Crippen molar-refractivity contribution < 1.29 is 0 Å². The molecule has 0 aliphatic heterocycles. The summed E-state index contributed by atoms with van der Waals surface area (Å²) in [4.78, 5) is 0. The number of rotatable bonds is 9. The van der Waals surface area contributed by atoms with Gasteiger partial charge in [-0.1, -0.05) is 62.0 Å². The zero-order chi connectivity index (χ0) is 16.1. The maximum Gasteiger partial charge on any atom is 0.0255 e. The van der Waals surface area contributed by atoms with Crippen molar-refractivity contribution in [3.05, 3.63) is 12.3 Å². The summed E-state index contributed by atoms with van der Waals surface area (Å²) in [5.41, 5.74) is 1.41. The van der Waals surface area contributed by atoms with E-state index in [1.807, 2.05) is 0 Å². The van der Waals surface area contributed by atoms with Crippen molar-refractivity contribution in [2.75, 3.05) is 0 Å². The van der Waals surface area contributed by atoms with Gasteiger partial charge in [0.05, 0.1) is 0 Å². The van der Waals surface area contributed by atoms with Crippen LogP contribution in [-0.2, 0) is 0 Å². The summed E-state index contributed by atoms with van der Waals surface area (Å²) in [7, 11) is 0. The molecule has 0 amide bonds. The van der Waals surface area contributed by atoms with Gasteiger partial charge in [-0.2, -0.15) is 0 Å². The molecule has 3 unspecified atom stereocenters. The van der Waals surface area contributed by atoms with Crippen LogP contribution in [0.2, 0.25) is 0 Å². The van der Waals surface area contributed by atoms with Crippen LogP contribution in [0.3, 0.4) is 0 Å². The number of allylic oxidation sites excluding steroid dienone is 1. The van der Waals surface area contributed by atoms with Crippen molar-refractivity contribution in [3.8, 4) is 0 Å². The van der Waals surface area contributed by atoms with E-state index in [2.05, 4.69) is 74.2 Å². The predicted octanol–water partition coefficient (Wildman–Crippen LogP) is 5.87. The van der Waals surface area contributed by atoms with Gasteiger partial charge >= 0.3 is 0 Å². The van der Waals surface area contributed by atoms with E-state index >= 15 is 0 Å². The van der Waals surface area contributed by atoms with E-state index in [1.165, 1.54) is 18.5 Å². The zero-order valence-corrected chi connectivity index (χ0v) is 15.5. The van der Waals surface area contributed by atoms with Crippen LogP contribution in [0.1, 0.15) is 75.2 Å². The monoisotopic (exact) mass is 281 g/mol. The van der Waals surface area contributed by atoms with Gasteiger partial charge in [0.25, 0.3) is 0 Å². The van der Waals surface area contributed by atoms with Gasteiger partial charge in [0.15, 0.2) is 0 Å². The molecule has 0 aromatic heterocycles. The Morgan fingerprint density at radius 2 is 1.45 bits per heavy atom. The largest absolute Gasteiger partial charge is 0.386 e. The van der Waals surface area contributed by atoms with Gasteiger partial charge in [-0.3, -0.25) is 0 Å². The van der Waals surface area contributed by atoms with Gasteiger partial charge < -0.3 is 5.32 Å². The van der Waals surface area contributed by atoms with E-state index in [1.54, 1.807) is 0 Å². The topological polar surface area (TPSA) is 12.0 Å². The molecule has 120 valence electrons. The van der Waals surface area contributed by atoms with Gasteiger partial charge in [-0.15, -0.1) is 0 Å². The second-order valence-corrected chi connectivity index (χ2v) is 8.19. The lowest BCUT2D eigenvalue weighted by molar-refractivity contribution is 0.200. The third kappa shape index (κ3) is 5.89. The third-order valence-corrected chi connectivity index (χ3v) is 4.89. The Labute approximate surface area is 128 Å². The fourth-order valence-corrected chi connectivity index (χ4v) is 3.09. The third-order valence-electron chi connectivity index (χ3n) is 4.89. The molecule has 0 saturated carbocycles. The lowest BCUT2D eigenvalue weighted by atomic mass is 9.71. The molecule has 0 saturated heterocycles. The molecule has 0 rings (SSSR count). The highest BCUT2D eigenvalue weighted by molar-refractivity contribution is 5.09. The highest BCUT2D eigenvalue weighted by atomic mass is 14.9. The zero-order valence-electron chi connectivity index (χ0n) is 15.5. The summed E-state index contributed by atoms with van der Waals surface area (Å²) in [5, 5.41) is 3.72. The summed E-state index contributed by atoms with van der Waals surface area (Å²) in [6, 6.07) is 0.495. The van der Waals surface area contributed by atoms with E-state index in [0.717, 1.165) is 5.92 Å². The fourth-order valence-electron chi connectivity index (χ4n) is 3.09. The highest BCUT2D eigenvalue weighted by Crippen LogP contribution is 2.39. The number of nitrogens with one attached hydrogen (secondary N) is 1. The smallest absolute Gasteiger partial charge is 0.0255 e. The summed E-state index contributed by atoms with van der Waals surface area (Å²) in [6.07, 6.45) is 2.46. The van der Waals surface area contributed by atoms with E-state index in [9.17, 15) is 0 Å². The van der Waals surface area contributed by atoms with Gasteiger partial charge in [0.2, 0.25) is 0 Å². The molecule has 1 N–H and O–H groups in total. The van der Waals surface area contributed by atoms with Crippen LogP contribution in [0.5, 0.6) is 0 Å². The molecule has 0 aromatic carbocycles. The van der Waals surface area contributed by atoms with Gasteiger partial charge in [0, 0.05) is 17.2 Å². The predicted molar refractivity (Wildman–Crippen MR) is 92.8 cm³/mol. The molecule has 3 atom stereocenters. The molecule has 0 fully saturated rings. The van der Waals surface area contributed by atoms with E-state index in [4.69, 9.17) is 0 Å². The van der Waals surface area contributed by atoms with Crippen LogP contribution in [0.15, 0.2) is 12.3 Å². The van der Waals surface area contributed by atoms with E-state index < -0.39 is 0 Å². The molecule has 0 aliphatic rings. The maximum atomic E-state index is 4.39. The molecule has 0 aliphatic carbocycles. The first-order chi connectivity index (χ1) is 9.00. The molecule has 0 spiro atoms. The molecular weight excluding hydrogens is 242 g/mol. The average Bonchev–Trinajstić information content (AvgIpc) is 2.26. The lowest BCUT2D eigenvalue weighted by Crippen LogP contribution is -2.40. The summed E-state index contributed by atoms with van der Waals surface area (Å²) < 4.78 is 0. The number of hydrogen-bond acceptors (Lipinski definition) is 1. The maximum absolute atomic E-state index is 4.39. The minimum Gasteiger partial charge on any atom is -0.386 e. The second kappa shape index (κ2) is 8.10. The van der Waals surface area contributed by atoms with Crippen molar-refractivity contribution in [1.29, 1.82) is 0 Å². The quantitative estimate of drug-likeness (QED) is 0.557. The highest BCUT2D eigenvalue weighted by Gasteiger charge is 2.33. The normalized spacial score (nSPS) is 18.2. The lowest BCUT2D eigenvalue weighted by Gasteiger charge is -2.40. The Balaban J connectivity index is 4.77. The van der Waals surface area contributed by atoms with Crippen LogP contribution < -0.4 is 5.32 Å². The Hall–Kier alpha value is -0.460. The summed E-state index contributed by atoms with van der Waals surface area (Å²) >= 11 is 0. The second-order valence-electron chi connectivity index (χ2n) is 8.19. The first-order valence-electron chi connectivity index (χ1n) is 8.46. The minimum absolute atomic E-state index is 0.181. The Morgan fingerprint density at radius 1 is 0.950 bits per heavy atom. The Kier molecular flexibility index (Phi) is 7.91. The molecular formula is C19H39N. The SMILES string of the molecule is C=C(NC(C)C(C)CC(C)C)C(C)(CC(C)C)C(C)C. The molecule has 20 heavy (non-hydrogen) atoms. The van der Waals surface area contributed by atoms with Gasteiger partial charge in [-0.25, -0.2) is 0 Å². The Morgan fingerprint density at radius 3 is 1.80 bits per heavy atom. The van der Waals surface area contributed by atoms with Crippen LogP contribution in [0.4, 0.5) is 0 Å². The van der Waals surface area contributed by atoms with Crippen LogP contribution >= 0.6 is 0 Å². The van der Waals surface area contributed by atoms with Crippen LogP contribution in [0.25, 0.3) is 0 Å². The average molecular weight is 282 g/mol. The van der Waals surface area contributed by atoms with Gasteiger partial charge in [0.1, 0.15) is 0 Å². The van der Waals surface area contributed by atoms with Crippen molar-refractivity contribution in [2.45, 2.75) is 81.2 Å². The molecule has 1 nitrogen and oxygen atoms in total. The van der Waals surface area contributed by atoms with Crippen LogP contribution in [0, 0.1) is 29.1 Å². The number of hydrogen-bond donors (Lipinski definition) is 1. The fraction of sp³-hybridized carbons (Fsp3) is 0.895. The molecule has 0 radical (unpaired) electrons. The van der Waals surface area contributed by atoms with Crippen molar-refractivity contribution >= 4 is 0 Å². The van der Waals surface area contributed by atoms with E-state index in [-0.39, 0.29) is 5.41 Å². The molecule has 0 aromatic rings. The van der Waals surface area contributed by atoms with E-state index in [0.29, 0.717) is 23.8 Å². The van der Waals surface area contributed by atoms with Gasteiger partial charge in [-0.05, 0) is 43.4 Å². The van der Waals surface area contributed by atoms with Crippen LogP contribution in [-0.4, -0.2) is 6.04 Å². The first-order valence-corrected chi connectivity index (χ1v) is 8.46. The molecule has 1 heteroatoms. The summed E-state index contributed by atoms with van der Waals surface area (Å²) in [5.74, 6) is 2.75. The standard InChI is InChI=1S/C19H39N/c1-13(2)11-16(7)17(8)20-18(9)19(10,15(5)6)12-14(3)4/h13-17,20H,9,11-12H2,1-8,10H3. The minimum atomic E-state index is 0.181. The molecule has 0 bridgehead atoms. The van der Waals surface area contributed by atoms with Crippen molar-refractivity contribution in [2.24, 2.45) is 29.1 Å². The first kappa shape index (κ1) is 19.5. The van der Waals surface area contributed by atoms with Crippen molar-refractivity contribution in [1.82, 2.24) is 5.32 Å². The Bertz CT molecular complexity index is 290.